The summed E-state index contributed by atoms with van der Waals surface area (Å²) in [5.74, 6) is -2.37. The number of aliphatic carboxylic acids is 1. The number of hydrogen-bond donors (Lipinski definition) is 2. The van der Waals surface area contributed by atoms with Crippen molar-refractivity contribution in [3.63, 3.8) is 0 Å². The minimum atomic E-state index is -0.917. The van der Waals surface area contributed by atoms with E-state index in [1.54, 1.807) is 24.3 Å². The first kappa shape index (κ1) is 14.2. The molecule has 1 saturated carbocycles. The molecule has 5 heteroatoms. The van der Waals surface area contributed by atoms with E-state index in [9.17, 15) is 14.4 Å². The lowest BCUT2D eigenvalue weighted by molar-refractivity contribution is -0.145. The van der Waals surface area contributed by atoms with Crippen molar-refractivity contribution in [3.05, 3.63) is 29.8 Å². The summed E-state index contributed by atoms with van der Waals surface area (Å²) in [5.41, 5.74) is 1.04. The highest BCUT2D eigenvalue weighted by Crippen LogP contribution is 2.32. The van der Waals surface area contributed by atoms with Gasteiger partial charge in [0, 0.05) is 11.3 Å². The van der Waals surface area contributed by atoms with Crippen molar-refractivity contribution in [2.45, 2.75) is 26.2 Å². The normalized spacial score (nSPS) is 21.4. The zero-order valence-electron chi connectivity index (χ0n) is 11.3. The van der Waals surface area contributed by atoms with Gasteiger partial charge in [0.2, 0.25) is 5.91 Å². The number of carbonyl (C=O) groups is 3. The predicted octanol–water partition coefficient (Wildman–Crippen LogP) is 2.33. The monoisotopic (exact) mass is 275 g/mol. The average molecular weight is 275 g/mol. The second-order valence-electron chi connectivity index (χ2n) is 5.11. The summed E-state index contributed by atoms with van der Waals surface area (Å²) >= 11 is 0. The molecule has 0 aromatic heterocycles. The lowest BCUT2D eigenvalue weighted by Crippen LogP contribution is -2.30. The first-order valence-electron chi connectivity index (χ1n) is 6.63. The van der Waals surface area contributed by atoms with E-state index in [2.05, 4.69) is 5.32 Å². The van der Waals surface area contributed by atoms with Crippen LogP contribution in [0.1, 0.15) is 36.5 Å². The Morgan fingerprint density at radius 2 is 1.90 bits per heavy atom. The van der Waals surface area contributed by atoms with Gasteiger partial charge in [-0.2, -0.15) is 0 Å². The molecule has 0 saturated heterocycles. The molecule has 5 nitrogen and oxygen atoms in total. The van der Waals surface area contributed by atoms with Gasteiger partial charge in [-0.25, -0.2) is 0 Å². The predicted molar refractivity (Wildman–Crippen MR) is 73.5 cm³/mol. The van der Waals surface area contributed by atoms with Crippen LogP contribution in [0.2, 0.25) is 0 Å². The smallest absolute Gasteiger partial charge is 0.307 e. The first-order valence-corrected chi connectivity index (χ1v) is 6.63. The van der Waals surface area contributed by atoms with Crippen molar-refractivity contribution in [2.24, 2.45) is 11.8 Å². The number of benzene rings is 1. The third-order valence-electron chi connectivity index (χ3n) is 3.71. The van der Waals surface area contributed by atoms with E-state index in [4.69, 9.17) is 5.11 Å². The van der Waals surface area contributed by atoms with Crippen LogP contribution in [-0.4, -0.2) is 22.8 Å². The lowest BCUT2D eigenvalue weighted by atomic mass is 9.95. The van der Waals surface area contributed by atoms with E-state index >= 15 is 0 Å². The standard InChI is InChI=1S/C15H17NO4/c1-9(17)10-4-2-5-11(8-10)16-14(18)12-6-3-7-13(12)15(19)20/h2,4-5,8,12-13H,3,6-7H2,1H3,(H,16,18)(H,19,20). The molecular formula is C15H17NO4. The van der Waals surface area contributed by atoms with Crippen molar-refractivity contribution in [2.75, 3.05) is 5.32 Å². The van der Waals surface area contributed by atoms with Crippen LogP contribution in [0.5, 0.6) is 0 Å². The Bertz CT molecular complexity index is 553. The Hall–Kier alpha value is -2.17. The van der Waals surface area contributed by atoms with E-state index in [0.29, 0.717) is 24.1 Å². The molecule has 0 aliphatic heterocycles. The third kappa shape index (κ3) is 3.04. The SMILES string of the molecule is CC(=O)c1cccc(NC(=O)C2CCCC2C(=O)O)c1. The highest BCUT2D eigenvalue weighted by molar-refractivity contribution is 5.98. The molecule has 0 heterocycles. The van der Waals surface area contributed by atoms with Gasteiger partial charge in [-0.05, 0) is 31.9 Å². The number of hydrogen-bond acceptors (Lipinski definition) is 3. The van der Waals surface area contributed by atoms with Crippen LogP contribution in [-0.2, 0) is 9.59 Å². The van der Waals surface area contributed by atoms with E-state index in [-0.39, 0.29) is 11.7 Å². The second kappa shape index (κ2) is 5.86. The van der Waals surface area contributed by atoms with Crippen molar-refractivity contribution >= 4 is 23.3 Å². The Morgan fingerprint density at radius 3 is 2.55 bits per heavy atom. The van der Waals surface area contributed by atoms with Crippen LogP contribution < -0.4 is 5.32 Å². The van der Waals surface area contributed by atoms with Crippen LogP contribution in [0.3, 0.4) is 0 Å². The molecule has 1 fully saturated rings. The lowest BCUT2D eigenvalue weighted by Gasteiger charge is -2.15. The largest absolute Gasteiger partial charge is 0.481 e. The van der Waals surface area contributed by atoms with Crippen molar-refractivity contribution in [3.8, 4) is 0 Å². The fourth-order valence-corrected chi connectivity index (χ4v) is 2.62. The van der Waals surface area contributed by atoms with E-state index in [1.807, 2.05) is 0 Å². The number of Topliss-reactive ketones (excluding diaryl/α,β-unsaturated/α-hetero) is 1. The summed E-state index contributed by atoms with van der Waals surface area (Å²) in [6, 6.07) is 6.66. The number of ketones is 1. The van der Waals surface area contributed by atoms with Crippen LogP contribution in [0, 0.1) is 11.8 Å². The maximum absolute atomic E-state index is 12.2. The molecule has 1 amide bonds. The molecule has 2 N–H and O–H groups in total. The van der Waals surface area contributed by atoms with Gasteiger partial charge in [0.15, 0.2) is 5.78 Å². The van der Waals surface area contributed by atoms with Gasteiger partial charge in [-0.15, -0.1) is 0 Å². The van der Waals surface area contributed by atoms with Crippen molar-refractivity contribution in [1.82, 2.24) is 0 Å². The molecule has 0 radical (unpaired) electrons. The molecular weight excluding hydrogens is 258 g/mol. The van der Waals surface area contributed by atoms with Crippen molar-refractivity contribution < 1.29 is 19.5 Å². The number of anilines is 1. The number of nitrogens with one attached hydrogen (secondary N) is 1. The summed E-state index contributed by atoms with van der Waals surface area (Å²) in [4.78, 5) is 34.5. The molecule has 2 rings (SSSR count). The highest BCUT2D eigenvalue weighted by Gasteiger charge is 2.37. The van der Waals surface area contributed by atoms with Gasteiger partial charge in [-0.3, -0.25) is 14.4 Å². The van der Waals surface area contributed by atoms with Crippen molar-refractivity contribution in [1.29, 1.82) is 0 Å². The topological polar surface area (TPSA) is 83.5 Å². The van der Waals surface area contributed by atoms with Crippen LogP contribution in [0.25, 0.3) is 0 Å². The Morgan fingerprint density at radius 1 is 1.20 bits per heavy atom. The number of amides is 1. The molecule has 2 unspecified atom stereocenters. The number of carboxylic acid groups (broad SMARTS) is 1. The average Bonchev–Trinajstić information content (AvgIpc) is 2.88. The molecule has 1 aliphatic carbocycles. The minimum Gasteiger partial charge on any atom is -0.481 e. The van der Waals surface area contributed by atoms with Gasteiger partial charge in [0.1, 0.15) is 0 Å². The van der Waals surface area contributed by atoms with Gasteiger partial charge in [-0.1, -0.05) is 18.6 Å². The zero-order valence-corrected chi connectivity index (χ0v) is 11.3. The van der Waals surface area contributed by atoms with Crippen LogP contribution in [0.15, 0.2) is 24.3 Å². The van der Waals surface area contributed by atoms with Gasteiger partial charge < -0.3 is 10.4 Å². The molecule has 0 bridgehead atoms. The molecule has 0 spiro atoms. The summed E-state index contributed by atoms with van der Waals surface area (Å²) < 4.78 is 0. The molecule has 1 aliphatic rings. The number of rotatable bonds is 4. The minimum absolute atomic E-state index is 0.0784. The van der Waals surface area contributed by atoms with Gasteiger partial charge >= 0.3 is 5.97 Å². The maximum Gasteiger partial charge on any atom is 0.307 e. The third-order valence-corrected chi connectivity index (χ3v) is 3.71. The summed E-state index contributed by atoms with van der Waals surface area (Å²) in [5, 5.41) is 11.8. The molecule has 106 valence electrons. The highest BCUT2D eigenvalue weighted by atomic mass is 16.4. The maximum atomic E-state index is 12.2. The zero-order chi connectivity index (χ0) is 14.7. The first-order chi connectivity index (χ1) is 9.49. The number of carboxylic acids is 1. The Labute approximate surface area is 117 Å². The molecule has 1 aromatic carbocycles. The summed E-state index contributed by atoms with van der Waals surface area (Å²) in [6.07, 6.45) is 1.89. The van der Waals surface area contributed by atoms with Crippen LogP contribution in [0.4, 0.5) is 5.69 Å². The van der Waals surface area contributed by atoms with E-state index in [1.165, 1.54) is 6.92 Å². The molecule has 20 heavy (non-hydrogen) atoms. The fourth-order valence-electron chi connectivity index (χ4n) is 2.62. The van der Waals surface area contributed by atoms with E-state index in [0.717, 1.165) is 6.42 Å². The quantitative estimate of drug-likeness (QED) is 0.826. The molecule has 1 aromatic rings. The van der Waals surface area contributed by atoms with Gasteiger partial charge in [0.05, 0.1) is 11.8 Å². The Kier molecular flexibility index (Phi) is 4.17. The molecule has 2 atom stereocenters. The summed E-state index contributed by atoms with van der Waals surface area (Å²) in [7, 11) is 0. The summed E-state index contributed by atoms with van der Waals surface area (Å²) in [6.45, 7) is 1.46. The Balaban J connectivity index is 2.09. The van der Waals surface area contributed by atoms with E-state index < -0.39 is 17.8 Å². The number of carbonyl (C=O) groups excluding carboxylic acids is 2. The van der Waals surface area contributed by atoms with Crippen LogP contribution >= 0.6 is 0 Å². The fraction of sp³-hybridized carbons (Fsp3) is 0.400. The van der Waals surface area contributed by atoms with Gasteiger partial charge in [0.25, 0.3) is 0 Å². The second-order valence-corrected chi connectivity index (χ2v) is 5.11.